The molecule has 1 aromatic carbocycles. The maximum absolute atomic E-state index is 12.6. The summed E-state index contributed by atoms with van der Waals surface area (Å²) < 4.78 is 5.16. The van der Waals surface area contributed by atoms with Crippen molar-refractivity contribution >= 4 is 16.9 Å². The van der Waals surface area contributed by atoms with Crippen molar-refractivity contribution in [3.8, 4) is 0 Å². The molecule has 0 radical (unpaired) electrons. The first-order chi connectivity index (χ1) is 12.8. The molecule has 2 aliphatic carbocycles. The molecule has 0 N–H and O–H groups in total. The first-order valence-electron chi connectivity index (χ1n) is 10.3. The molecule has 138 valence electrons. The zero-order valence-electron chi connectivity index (χ0n) is 15.8. The Morgan fingerprint density at radius 3 is 2.27 bits per heavy atom. The summed E-state index contributed by atoms with van der Waals surface area (Å²) in [7, 11) is 1.48. The van der Waals surface area contributed by atoms with Crippen molar-refractivity contribution in [1.29, 1.82) is 0 Å². The summed E-state index contributed by atoms with van der Waals surface area (Å²) in [6, 6.07) is 8.43. The number of nitrogens with zero attached hydrogens (tertiary/aromatic N) is 1. The Hall–Kier alpha value is -1.90. The van der Waals surface area contributed by atoms with E-state index in [2.05, 4.69) is 18.2 Å². The number of fused-ring (bicyclic) bond motifs is 1. The van der Waals surface area contributed by atoms with Gasteiger partial charge < -0.3 is 4.74 Å². The lowest BCUT2D eigenvalue weighted by atomic mass is 9.81. The van der Waals surface area contributed by atoms with Gasteiger partial charge in [-0.2, -0.15) is 0 Å². The van der Waals surface area contributed by atoms with Crippen molar-refractivity contribution in [2.75, 3.05) is 7.11 Å². The Labute approximate surface area is 156 Å². The van der Waals surface area contributed by atoms with Crippen molar-refractivity contribution in [2.24, 2.45) is 0 Å². The molecule has 0 unspecified atom stereocenters. The van der Waals surface area contributed by atoms with Gasteiger partial charge in [-0.25, -0.2) is 4.79 Å². The Morgan fingerprint density at radius 2 is 1.62 bits per heavy atom. The summed E-state index contributed by atoms with van der Waals surface area (Å²) in [6.07, 6.45) is 12.5. The van der Waals surface area contributed by atoms with Crippen molar-refractivity contribution in [2.45, 2.75) is 76.0 Å². The third kappa shape index (κ3) is 3.36. The van der Waals surface area contributed by atoms with Gasteiger partial charge in [0.15, 0.2) is 0 Å². The van der Waals surface area contributed by atoms with Crippen LogP contribution >= 0.6 is 0 Å². The van der Waals surface area contributed by atoms with E-state index in [0.29, 0.717) is 11.8 Å². The normalized spacial score (nSPS) is 19.6. The van der Waals surface area contributed by atoms with E-state index in [-0.39, 0.29) is 5.97 Å². The number of aromatic nitrogens is 1. The second-order valence-electron chi connectivity index (χ2n) is 8.00. The third-order valence-electron chi connectivity index (χ3n) is 6.36. The Kier molecular flexibility index (Phi) is 5.23. The predicted molar refractivity (Wildman–Crippen MR) is 105 cm³/mol. The van der Waals surface area contributed by atoms with E-state index in [1.54, 1.807) is 0 Å². The zero-order chi connectivity index (χ0) is 17.9. The van der Waals surface area contributed by atoms with E-state index in [1.165, 1.54) is 76.9 Å². The van der Waals surface area contributed by atoms with Gasteiger partial charge in [-0.1, -0.05) is 50.7 Å². The quantitative estimate of drug-likeness (QED) is 0.626. The molecule has 1 aromatic heterocycles. The number of carbonyl (C=O) groups excluding carboxylic acids is 1. The minimum Gasteiger partial charge on any atom is -0.465 e. The van der Waals surface area contributed by atoms with Gasteiger partial charge in [0.1, 0.15) is 0 Å². The van der Waals surface area contributed by atoms with E-state index in [4.69, 9.17) is 9.72 Å². The number of methoxy groups -OCH3 is 1. The Morgan fingerprint density at radius 1 is 0.962 bits per heavy atom. The smallest absolute Gasteiger partial charge is 0.338 e. The summed E-state index contributed by atoms with van der Waals surface area (Å²) in [5.41, 5.74) is 4.07. The SMILES string of the molecule is COC(=O)c1cc(C2CCCCC2)nc2cccc(C3CCCCC3)c12. The molecular weight excluding hydrogens is 322 g/mol. The highest BCUT2D eigenvalue weighted by Crippen LogP contribution is 2.39. The van der Waals surface area contributed by atoms with Crippen LogP contribution in [0.15, 0.2) is 24.3 Å². The standard InChI is InChI=1S/C23H29NO2/c1-26-23(25)19-15-21(17-11-6-3-7-12-17)24-20-14-8-13-18(22(19)20)16-9-4-2-5-10-16/h8,13-17H,2-7,9-12H2,1H3. The fraction of sp³-hybridized carbons (Fsp3) is 0.565. The molecule has 2 aromatic rings. The molecule has 2 fully saturated rings. The van der Waals surface area contributed by atoms with Gasteiger partial charge in [0, 0.05) is 17.0 Å². The Balaban J connectivity index is 1.85. The van der Waals surface area contributed by atoms with E-state index in [9.17, 15) is 4.79 Å². The van der Waals surface area contributed by atoms with E-state index < -0.39 is 0 Å². The molecule has 2 saturated carbocycles. The van der Waals surface area contributed by atoms with E-state index >= 15 is 0 Å². The minimum absolute atomic E-state index is 0.224. The molecule has 0 bridgehead atoms. The van der Waals surface area contributed by atoms with Crippen LogP contribution in [0, 0.1) is 0 Å². The van der Waals surface area contributed by atoms with Crippen LogP contribution < -0.4 is 0 Å². The van der Waals surface area contributed by atoms with Crippen LogP contribution in [-0.2, 0) is 4.74 Å². The van der Waals surface area contributed by atoms with Crippen molar-refractivity contribution in [3.63, 3.8) is 0 Å². The first-order valence-corrected chi connectivity index (χ1v) is 10.3. The van der Waals surface area contributed by atoms with Crippen LogP contribution in [0.25, 0.3) is 10.9 Å². The summed E-state index contributed by atoms with van der Waals surface area (Å²) in [6.45, 7) is 0. The highest BCUT2D eigenvalue weighted by atomic mass is 16.5. The topological polar surface area (TPSA) is 39.2 Å². The number of hydrogen-bond donors (Lipinski definition) is 0. The monoisotopic (exact) mass is 351 g/mol. The fourth-order valence-corrected chi connectivity index (χ4v) is 4.97. The van der Waals surface area contributed by atoms with Crippen LogP contribution in [0.1, 0.15) is 97.7 Å². The van der Waals surface area contributed by atoms with Crippen LogP contribution in [0.3, 0.4) is 0 Å². The van der Waals surface area contributed by atoms with Crippen molar-refractivity contribution < 1.29 is 9.53 Å². The lowest BCUT2D eigenvalue weighted by Crippen LogP contribution is -2.12. The molecular formula is C23H29NO2. The summed E-state index contributed by atoms with van der Waals surface area (Å²) in [5.74, 6) is 0.797. The maximum atomic E-state index is 12.6. The van der Waals surface area contributed by atoms with Gasteiger partial charge in [0.2, 0.25) is 0 Å². The molecule has 2 aliphatic rings. The van der Waals surface area contributed by atoms with Crippen LogP contribution in [0.4, 0.5) is 0 Å². The number of benzene rings is 1. The number of esters is 1. The highest BCUT2D eigenvalue weighted by Gasteiger charge is 2.25. The predicted octanol–water partition coefficient (Wildman–Crippen LogP) is 6.12. The lowest BCUT2D eigenvalue weighted by molar-refractivity contribution is 0.0602. The molecule has 0 saturated heterocycles. The van der Waals surface area contributed by atoms with Gasteiger partial charge in [0.05, 0.1) is 18.2 Å². The number of pyridine rings is 1. The molecule has 0 spiro atoms. The van der Waals surface area contributed by atoms with Crippen molar-refractivity contribution in [1.82, 2.24) is 4.98 Å². The average molecular weight is 351 g/mol. The molecule has 4 rings (SSSR count). The van der Waals surface area contributed by atoms with Crippen molar-refractivity contribution in [3.05, 3.63) is 41.1 Å². The molecule has 1 heterocycles. The van der Waals surface area contributed by atoms with Gasteiger partial charge in [0.25, 0.3) is 0 Å². The molecule has 0 aliphatic heterocycles. The van der Waals surface area contributed by atoms with Gasteiger partial charge >= 0.3 is 5.97 Å². The van der Waals surface area contributed by atoms with Crippen LogP contribution in [0.2, 0.25) is 0 Å². The number of hydrogen-bond acceptors (Lipinski definition) is 3. The van der Waals surface area contributed by atoms with E-state index in [0.717, 1.165) is 22.2 Å². The maximum Gasteiger partial charge on any atom is 0.338 e. The average Bonchev–Trinajstić information content (AvgIpc) is 2.73. The van der Waals surface area contributed by atoms with Gasteiger partial charge in [-0.15, -0.1) is 0 Å². The minimum atomic E-state index is -0.224. The van der Waals surface area contributed by atoms with Gasteiger partial charge in [-0.3, -0.25) is 4.98 Å². The third-order valence-corrected chi connectivity index (χ3v) is 6.36. The number of carbonyl (C=O) groups is 1. The molecule has 3 heteroatoms. The second kappa shape index (κ2) is 7.77. The summed E-state index contributed by atoms with van der Waals surface area (Å²) in [4.78, 5) is 17.7. The summed E-state index contributed by atoms with van der Waals surface area (Å²) >= 11 is 0. The highest BCUT2D eigenvalue weighted by molar-refractivity contribution is 6.05. The lowest BCUT2D eigenvalue weighted by Gasteiger charge is -2.25. The molecule has 0 atom stereocenters. The van der Waals surface area contributed by atoms with Crippen LogP contribution in [-0.4, -0.2) is 18.1 Å². The second-order valence-corrected chi connectivity index (χ2v) is 8.00. The number of rotatable bonds is 3. The van der Waals surface area contributed by atoms with E-state index in [1.807, 2.05) is 6.07 Å². The molecule has 3 nitrogen and oxygen atoms in total. The Bertz CT molecular complexity index is 786. The fourth-order valence-electron chi connectivity index (χ4n) is 4.97. The van der Waals surface area contributed by atoms with Gasteiger partial charge in [-0.05, 0) is 49.3 Å². The number of ether oxygens (including phenoxy) is 1. The first kappa shape index (κ1) is 17.5. The molecule has 26 heavy (non-hydrogen) atoms. The van der Waals surface area contributed by atoms with Crippen LogP contribution in [0.5, 0.6) is 0 Å². The summed E-state index contributed by atoms with van der Waals surface area (Å²) in [5, 5.41) is 1.03. The molecule has 0 amide bonds. The largest absolute Gasteiger partial charge is 0.465 e. The zero-order valence-corrected chi connectivity index (χ0v) is 15.8.